The molecule has 0 aromatic rings. The predicted molar refractivity (Wildman–Crippen MR) is 31.6 cm³/mol. The fourth-order valence-electron chi connectivity index (χ4n) is 0.340. The number of halogens is 1. The number of allylic oxidation sites excluding steroid dienone is 1. The van der Waals surface area contributed by atoms with Gasteiger partial charge in [0, 0.05) is 0 Å². The Morgan fingerprint density at radius 2 is 2.33 bits per heavy atom. The Hall–Kier alpha value is 0.549. The number of hydrogen-bond acceptors (Lipinski definition) is 0. The van der Waals surface area contributed by atoms with Crippen molar-refractivity contribution in [2.45, 2.75) is 11.7 Å². The maximum absolute atomic E-state index is 2.30. The summed E-state index contributed by atoms with van der Waals surface area (Å²) in [7, 11) is 0. The summed E-state index contributed by atoms with van der Waals surface area (Å²) in [6.07, 6.45) is 3.61. The molecule has 2 heteroatoms. The molecule has 0 saturated carbocycles. The van der Waals surface area contributed by atoms with Crippen molar-refractivity contribution in [1.82, 2.24) is 0 Å². The molecule has 0 fully saturated rings. The maximum Gasteiger partial charge on any atom is -0.147 e. The van der Waals surface area contributed by atoms with Crippen molar-refractivity contribution in [3.05, 3.63) is 11.1 Å². The van der Waals surface area contributed by atoms with E-state index in [2.05, 4.69) is 11.1 Å². The largest absolute Gasteiger partial charge is 0.147 e. The van der Waals surface area contributed by atoms with Crippen LogP contribution < -0.4 is 0 Å². The van der Waals surface area contributed by atoms with Crippen molar-refractivity contribution in [2.24, 2.45) is 0 Å². The fourth-order valence-corrected chi connectivity index (χ4v) is 1.77. The van der Waals surface area contributed by atoms with E-state index >= 15 is 0 Å². The molecule has 0 nitrogen and oxygen atoms in total. The van der Waals surface area contributed by atoms with Crippen LogP contribution in [0.1, 0.15) is 6.42 Å². The molecule has 1 rings (SSSR count). The van der Waals surface area contributed by atoms with Gasteiger partial charge in [0.2, 0.25) is 0 Å². The second-order valence-corrected chi connectivity index (χ2v) is 3.16. The number of rotatable bonds is 0. The molecule has 1 aliphatic rings. The van der Waals surface area contributed by atoms with Crippen LogP contribution in [0.25, 0.3) is 0 Å². The Labute approximate surface area is 50.6 Å². The van der Waals surface area contributed by atoms with E-state index in [9.17, 15) is 0 Å². The molecule has 1 heterocycles. The van der Waals surface area contributed by atoms with E-state index < -0.39 is 0 Å². The minimum absolute atomic E-state index is 0. The van der Waals surface area contributed by atoms with Crippen LogP contribution >= 0.6 is 12.4 Å². The summed E-state index contributed by atoms with van der Waals surface area (Å²) >= 11 is 0.889. The van der Waals surface area contributed by atoms with Crippen molar-refractivity contribution < 1.29 is 0 Å². The fraction of sp³-hybridized carbons (Fsp3) is 0.500. The average molecular weight is 170 g/mol. The Morgan fingerprint density at radius 1 is 1.50 bits per heavy atom. The molecule has 0 atom stereocenters. The first-order valence-electron chi connectivity index (χ1n) is 1.77. The van der Waals surface area contributed by atoms with Crippen LogP contribution in [0.5, 0.6) is 0 Å². The molecule has 0 bridgehead atoms. The van der Waals surface area contributed by atoms with Crippen molar-refractivity contribution in [3.63, 3.8) is 0 Å². The molecule has 1 aliphatic heterocycles. The number of hydrogen-bond donors (Lipinski definition) is 0. The molecule has 0 unspecified atom stereocenters. The third-order valence-electron chi connectivity index (χ3n) is 0.595. The quantitative estimate of drug-likeness (QED) is 0.482. The van der Waals surface area contributed by atoms with E-state index in [4.69, 9.17) is 0 Å². The minimum Gasteiger partial charge on any atom is -0.147 e. The first kappa shape index (κ1) is 6.55. The van der Waals surface area contributed by atoms with Crippen LogP contribution in [0.3, 0.4) is 0 Å². The van der Waals surface area contributed by atoms with Gasteiger partial charge in [0.25, 0.3) is 0 Å². The SMILES string of the molecule is C1=C[Se]CC1.Cl. The van der Waals surface area contributed by atoms with Crippen LogP contribution in [0.4, 0.5) is 0 Å². The van der Waals surface area contributed by atoms with E-state index in [1.807, 2.05) is 0 Å². The van der Waals surface area contributed by atoms with Gasteiger partial charge in [-0.3, -0.25) is 0 Å². The summed E-state index contributed by atoms with van der Waals surface area (Å²) in [5.41, 5.74) is 0. The van der Waals surface area contributed by atoms with Gasteiger partial charge >= 0.3 is 37.7 Å². The van der Waals surface area contributed by atoms with E-state index in [1.54, 1.807) is 0 Å². The van der Waals surface area contributed by atoms with E-state index in [0.717, 1.165) is 15.0 Å². The standard InChI is InChI=1S/C4H6Se.ClH/c1-2-4-5-3-1;/h1,3H,2,4H2;1H. The summed E-state index contributed by atoms with van der Waals surface area (Å²) in [5, 5.41) is 1.45. The zero-order valence-electron chi connectivity index (χ0n) is 3.39. The summed E-state index contributed by atoms with van der Waals surface area (Å²) in [6, 6.07) is 0. The molecule has 0 saturated heterocycles. The molecule has 0 amide bonds. The van der Waals surface area contributed by atoms with Crippen LogP contribution in [-0.4, -0.2) is 15.0 Å². The summed E-state index contributed by atoms with van der Waals surface area (Å²) in [4.78, 5) is 2.30. The van der Waals surface area contributed by atoms with E-state index in [0.29, 0.717) is 0 Å². The van der Waals surface area contributed by atoms with Gasteiger partial charge in [-0.15, -0.1) is 12.4 Å². The van der Waals surface area contributed by atoms with Gasteiger partial charge in [-0.1, -0.05) is 0 Å². The summed E-state index contributed by atoms with van der Waals surface area (Å²) in [5.74, 6) is 0. The van der Waals surface area contributed by atoms with Gasteiger partial charge in [-0.2, -0.15) is 0 Å². The molecule has 36 valence electrons. The Morgan fingerprint density at radius 3 is 2.50 bits per heavy atom. The van der Waals surface area contributed by atoms with E-state index in [1.165, 1.54) is 11.7 Å². The topological polar surface area (TPSA) is 0 Å². The third-order valence-corrected chi connectivity index (χ3v) is 2.39. The third kappa shape index (κ3) is 1.86. The summed E-state index contributed by atoms with van der Waals surface area (Å²) < 4.78 is 0. The van der Waals surface area contributed by atoms with Gasteiger partial charge in [0.05, 0.1) is 0 Å². The molecule has 0 aromatic heterocycles. The van der Waals surface area contributed by atoms with Crippen LogP contribution in [0.2, 0.25) is 5.32 Å². The van der Waals surface area contributed by atoms with Crippen molar-refractivity contribution in [1.29, 1.82) is 0 Å². The molecular formula is C4H7ClSe. The minimum atomic E-state index is 0. The summed E-state index contributed by atoms with van der Waals surface area (Å²) in [6.45, 7) is 0. The first-order valence-corrected chi connectivity index (χ1v) is 3.97. The average Bonchev–Trinajstić information content (AvgIpc) is 1.76. The molecule has 0 spiro atoms. The van der Waals surface area contributed by atoms with Crippen LogP contribution in [-0.2, 0) is 0 Å². The van der Waals surface area contributed by atoms with Gasteiger partial charge in [-0.25, -0.2) is 0 Å². The van der Waals surface area contributed by atoms with Crippen LogP contribution in [0, 0.1) is 0 Å². The zero-order chi connectivity index (χ0) is 3.54. The Kier molecular flexibility index (Phi) is 4.07. The maximum atomic E-state index is 2.30. The van der Waals surface area contributed by atoms with Gasteiger partial charge < -0.3 is 0 Å². The smallest absolute Gasteiger partial charge is 0.147 e. The normalized spacial score (nSPS) is 17.3. The van der Waals surface area contributed by atoms with Gasteiger partial charge in [0.15, 0.2) is 0 Å². The second-order valence-electron chi connectivity index (χ2n) is 1.03. The monoisotopic (exact) mass is 170 g/mol. The molecule has 0 N–H and O–H groups in total. The predicted octanol–water partition coefficient (Wildman–Crippen LogP) is 1.45. The van der Waals surface area contributed by atoms with Crippen molar-refractivity contribution in [2.75, 3.05) is 0 Å². The molecule has 0 radical (unpaired) electrons. The molecular weight excluding hydrogens is 162 g/mol. The molecule has 0 aromatic carbocycles. The Balaban J connectivity index is 0.000000250. The molecule has 6 heavy (non-hydrogen) atoms. The molecule has 0 aliphatic carbocycles. The second kappa shape index (κ2) is 3.73. The zero-order valence-corrected chi connectivity index (χ0v) is 5.91. The Bertz CT molecular complexity index is 45.5. The van der Waals surface area contributed by atoms with Gasteiger partial charge in [0.1, 0.15) is 0 Å². The first-order chi connectivity index (χ1) is 2.50. The van der Waals surface area contributed by atoms with E-state index in [-0.39, 0.29) is 12.4 Å². The van der Waals surface area contributed by atoms with Crippen molar-refractivity contribution in [3.8, 4) is 0 Å². The van der Waals surface area contributed by atoms with Crippen LogP contribution in [0.15, 0.2) is 11.1 Å². The van der Waals surface area contributed by atoms with Gasteiger partial charge in [-0.05, 0) is 0 Å². The van der Waals surface area contributed by atoms with Crippen molar-refractivity contribution >= 4 is 27.4 Å².